The smallest absolute Gasteiger partial charge is 0.227 e. The van der Waals surface area contributed by atoms with Gasteiger partial charge in [0, 0.05) is 25.0 Å². The molecule has 0 aliphatic carbocycles. The molecule has 0 saturated carbocycles. The van der Waals surface area contributed by atoms with Crippen LogP contribution in [0.3, 0.4) is 0 Å². The van der Waals surface area contributed by atoms with Crippen molar-refractivity contribution >= 4 is 12.1 Å². The lowest BCUT2D eigenvalue weighted by atomic mass is 10.3. The summed E-state index contributed by atoms with van der Waals surface area (Å²) in [6, 6.07) is 0. The zero-order valence-electron chi connectivity index (χ0n) is 13.7. The first-order valence-corrected chi connectivity index (χ1v) is 7.71. The minimum Gasteiger partial charge on any atom is -0.342 e. The molecule has 3 heteroatoms. The van der Waals surface area contributed by atoms with Crippen LogP contribution in [0.4, 0.5) is 0 Å². The lowest BCUT2D eigenvalue weighted by Crippen LogP contribution is -2.27. The van der Waals surface area contributed by atoms with Crippen LogP contribution in [-0.4, -0.2) is 30.1 Å². The summed E-state index contributed by atoms with van der Waals surface area (Å²) in [5.74, 6) is 0.209. The van der Waals surface area contributed by atoms with E-state index in [1.807, 2.05) is 39.5 Å². The Morgan fingerprint density at radius 1 is 1.16 bits per heavy atom. The molecular formula is C16H32N2O. The van der Waals surface area contributed by atoms with Crippen LogP contribution in [0.1, 0.15) is 67.2 Å². The zero-order chi connectivity index (χ0) is 15.1. The van der Waals surface area contributed by atoms with Gasteiger partial charge in [-0.1, -0.05) is 40.7 Å². The molecule has 0 N–H and O–H groups in total. The molecule has 0 unspecified atom stereocenters. The van der Waals surface area contributed by atoms with E-state index in [2.05, 4.69) is 18.0 Å². The Bertz CT molecular complexity index is 264. The second-order valence-electron chi connectivity index (χ2n) is 3.86. The van der Waals surface area contributed by atoms with Gasteiger partial charge in [0.25, 0.3) is 0 Å². The molecule has 1 fully saturated rings. The van der Waals surface area contributed by atoms with Gasteiger partial charge in [0.05, 0.1) is 6.42 Å². The summed E-state index contributed by atoms with van der Waals surface area (Å²) in [4.78, 5) is 17.7. The quantitative estimate of drug-likeness (QED) is 0.694. The van der Waals surface area contributed by atoms with E-state index in [1.165, 1.54) is 0 Å². The van der Waals surface area contributed by atoms with Crippen molar-refractivity contribution in [2.24, 2.45) is 4.99 Å². The molecule has 0 spiro atoms. The highest BCUT2D eigenvalue weighted by Crippen LogP contribution is 2.08. The number of hydrogen-bond donors (Lipinski definition) is 0. The van der Waals surface area contributed by atoms with E-state index in [0.29, 0.717) is 6.42 Å². The average Bonchev–Trinajstić information content (AvgIpc) is 2.97. The molecule has 19 heavy (non-hydrogen) atoms. The first kappa shape index (κ1) is 20.2. The molecule has 1 rings (SSSR count). The van der Waals surface area contributed by atoms with Gasteiger partial charge in [-0.3, -0.25) is 9.79 Å². The predicted molar refractivity (Wildman–Crippen MR) is 85.7 cm³/mol. The third kappa shape index (κ3) is 10.5. The number of rotatable bonds is 4. The van der Waals surface area contributed by atoms with Crippen LogP contribution in [0.25, 0.3) is 0 Å². The summed E-state index contributed by atoms with van der Waals surface area (Å²) in [6.07, 6.45) is 7.51. The molecule has 0 radical (unpaired) electrons. The molecule has 1 aliphatic heterocycles. The van der Waals surface area contributed by atoms with Gasteiger partial charge in [0.15, 0.2) is 0 Å². The van der Waals surface area contributed by atoms with Crippen molar-refractivity contribution in [3.8, 4) is 0 Å². The van der Waals surface area contributed by atoms with Gasteiger partial charge in [-0.2, -0.15) is 0 Å². The van der Waals surface area contributed by atoms with E-state index < -0.39 is 0 Å². The molecule has 0 aromatic heterocycles. The van der Waals surface area contributed by atoms with Crippen LogP contribution in [0.15, 0.2) is 16.8 Å². The highest BCUT2D eigenvalue weighted by molar-refractivity contribution is 5.90. The molecule has 1 amide bonds. The summed E-state index contributed by atoms with van der Waals surface area (Å²) < 4.78 is 0. The number of carbonyl (C=O) groups is 1. The third-order valence-corrected chi connectivity index (χ3v) is 2.52. The molecule has 112 valence electrons. The number of hydrogen-bond acceptors (Lipinski definition) is 2. The van der Waals surface area contributed by atoms with Crippen LogP contribution >= 0.6 is 0 Å². The summed E-state index contributed by atoms with van der Waals surface area (Å²) in [5.41, 5.74) is 0.992. The maximum atomic E-state index is 11.6. The summed E-state index contributed by atoms with van der Waals surface area (Å²) in [7, 11) is 0. The molecule has 0 atom stereocenters. The number of amides is 1. The minimum absolute atomic E-state index is 0.209. The van der Waals surface area contributed by atoms with E-state index in [1.54, 1.807) is 6.21 Å². The van der Waals surface area contributed by atoms with Gasteiger partial charge in [0.1, 0.15) is 0 Å². The van der Waals surface area contributed by atoms with E-state index in [4.69, 9.17) is 0 Å². The second-order valence-corrected chi connectivity index (χ2v) is 3.86. The Balaban J connectivity index is 0. The second kappa shape index (κ2) is 14.9. The molecule has 0 aromatic rings. The van der Waals surface area contributed by atoms with E-state index in [0.717, 1.165) is 38.0 Å². The van der Waals surface area contributed by atoms with Gasteiger partial charge in [-0.15, -0.1) is 0 Å². The summed E-state index contributed by atoms with van der Waals surface area (Å²) in [6.45, 7) is 13.9. The van der Waals surface area contributed by atoms with Crippen molar-refractivity contribution in [3.63, 3.8) is 0 Å². The first-order chi connectivity index (χ1) is 9.24. The SMILES string of the molecule is CC.CC.CC/C=C(/C)N=CCC(=O)N1CCCC1. The summed E-state index contributed by atoms with van der Waals surface area (Å²) in [5, 5.41) is 0. The van der Waals surface area contributed by atoms with Gasteiger partial charge >= 0.3 is 0 Å². The average molecular weight is 268 g/mol. The standard InChI is InChI=1S/C12H20N2O.2C2H6/c1-3-6-11(2)13-8-7-12(15)14-9-4-5-10-14;2*1-2/h6,8H,3-5,7,9-10H2,1-2H3;2*1-2H3/b11-6-,13-8?;;. The van der Waals surface area contributed by atoms with E-state index in [-0.39, 0.29) is 5.91 Å². The fraction of sp³-hybridized carbons (Fsp3) is 0.750. The van der Waals surface area contributed by atoms with Gasteiger partial charge in [0.2, 0.25) is 5.91 Å². The lowest BCUT2D eigenvalue weighted by Gasteiger charge is -2.12. The minimum atomic E-state index is 0.209. The Kier molecular flexibility index (Phi) is 15.9. The fourth-order valence-corrected chi connectivity index (χ4v) is 1.71. The van der Waals surface area contributed by atoms with Crippen LogP contribution in [0.5, 0.6) is 0 Å². The Morgan fingerprint density at radius 2 is 1.68 bits per heavy atom. The number of likely N-dealkylation sites (tertiary alicyclic amines) is 1. The normalized spacial score (nSPS) is 14.6. The Labute approximate surface area is 119 Å². The topological polar surface area (TPSA) is 32.7 Å². The number of allylic oxidation sites excluding steroid dienone is 2. The maximum absolute atomic E-state index is 11.6. The maximum Gasteiger partial charge on any atom is 0.227 e. The number of aliphatic imine (C=N–C) groups is 1. The van der Waals surface area contributed by atoms with Crippen molar-refractivity contribution in [3.05, 3.63) is 11.8 Å². The number of nitrogens with zero attached hydrogens (tertiary/aromatic N) is 2. The van der Waals surface area contributed by atoms with E-state index >= 15 is 0 Å². The summed E-state index contributed by atoms with van der Waals surface area (Å²) >= 11 is 0. The monoisotopic (exact) mass is 268 g/mol. The highest BCUT2D eigenvalue weighted by atomic mass is 16.2. The zero-order valence-corrected chi connectivity index (χ0v) is 13.7. The Hall–Kier alpha value is -1.12. The van der Waals surface area contributed by atoms with Crippen LogP contribution in [0.2, 0.25) is 0 Å². The van der Waals surface area contributed by atoms with Crippen molar-refractivity contribution in [2.45, 2.75) is 67.2 Å². The Morgan fingerprint density at radius 3 is 2.16 bits per heavy atom. The molecule has 1 saturated heterocycles. The number of carbonyl (C=O) groups excluding carboxylic acids is 1. The lowest BCUT2D eigenvalue weighted by molar-refractivity contribution is -0.128. The fourth-order valence-electron chi connectivity index (χ4n) is 1.71. The predicted octanol–water partition coefficient (Wildman–Crippen LogP) is 4.44. The van der Waals surface area contributed by atoms with Gasteiger partial charge < -0.3 is 4.90 Å². The van der Waals surface area contributed by atoms with Crippen molar-refractivity contribution in [1.82, 2.24) is 4.90 Å². The van der Waals surface area contributed by atoms with Crippen molar-refractivity contribution < 1.29 is 4.79 Å². The highest BCUT2D eigenvalue weighted by Gasteiger charge is 2.16. The van der Waals surface area contributed by atoms with Crippen LogP contribution in [-0.2, 0) is 4.79 Å². The molecular weight excluding hydrogens is 236 g/mol. The molecule has 1 heterocycles. The first-order valence-electron chi connectivity index (χ1n) is 7.71. The van der Waals surface area contributed by atoms with Gasteiger partial charge in [-0.25, -0.2) is 0 Å². The largest absolute Gasteiger partial charge is 0.342 e. The third-order valence-electron chi connectivity index (χ3n) is 2.52. The van der Waals surface area contributed by atoms with Gasteiger partial charge in [-0.05, 0) is 26.2 Å². The van der Waals surface area contributed by atoms with Crippen molar-refractivity contribution in [1.29, 1.82) is 0 Å². The molecule has 1 aliphatic rings. The molecule has 0 bridgehead atoms. The van der Waals surface area contributed by atoms with Crippen molar-refractivity contribution in [2.75, 3.05) is 13.1 Å². The van der Waals surface area contributed by atoms with Crippen LogP contribution in [0, 0.1) is 0 Å². The molecule has 0 aromatic carbocycles. The van der Waals surface area contributed by atoms with E-state index in [9.17, 15) is 4.79 Å². The van der Waals surface area contributed by atoms with Crippen LogP contribution < -0.4 is 0 Å². The molecule has 3 nitrogen and oxygen atoms in total.